The highest BCUT2D eigenvalue weighted by Gasteiger charge is 2.05. The molecule has 0 saturated carbocycles. The molecule has 0 saturated heterocycles. The van der Waals surface area contributed by atoms with Gasteiger partial charge in [0, 0.05) is 0 Å². The highest BCUT2D eigenvalue weighted by atomic mass is 79.9. The predicted octanol–water partition coefficient (Wildman–Crippen LogP) is 3.65. The van der Waals surface area contributed by atoms with Crippen molar-refractivity contribution in [2.45, 2.75) is 20.4 Å². The maximum absolute atomic E-state index is 4.37. The lowest BCUT2D eigenvalue weighted by Crippen LogP contribution is -2.19. The highest BCUT2D eigenvalue weighted by molar-refractivity contribution is 9.11. The molecular weight excluding hydrogens is 298 g/mol. The Bertz CT molecular complexity index is 476. The van der Waals surface area contributed by atoms with Crippen LogP contribution >= 0.6 is 27.3 Å². The molecule has 0 radical (unpaired) electrons. The summed E-state index contributed by atoms with van der Waals surface area (Å²) in [6.07, 6.45) is 1.89. The summed E-state index contributed by atoms with van der Waals surface area (Å²) in [6, 6.07) is 4.14. The van der Waals surface area contributed by atoms with Crippen LogP contribution in [-0.4, -0.2) is 16.5 Å². The molecule has 2 heterocycles. The van der Waals surface area contributed by atoms with Crippen molar-refractivity contribution in [2.24, 2.45) is 5.92 Å². The maximum Gasteiger partial charge on any atom is 0.120 e. The van der Waals surface area contributed by atoms with Crippen molar-refractivity contribution in [2.75, 3.05) is 6.54 Å². The standard InChI is InChI=1S/C12H16BrN3S/c1-8(2)5-14-7-12-15-6-9(16-12)10-3-4-11(13)17-10/h3-4,6,8,14H,5,7H2,1-2H3,(H,15,16). The molecule has 0 aliphatic rings. The zero-order valence-electron chi connectivity index (χ0n) is 9.96. The molecule has 0 aliphatic heterocycles. The number of nitrogens with zero attached hydrogens (tertiary/aromatic N) is 1. The van der Waals surface area contributed by atoms with E-state index in [4.69, 9.17) is 0 Å². The van der Waals surface area contributed by atoms with Gasteiger partial charge in [0.2, 0.25) is 0 Å². The Hall–Kier alpha value is -0.650. The topological polar surface area (TPSA) is 40.7 Å². The van der Waals surface area contributed by atoms with Gasteiger partial charge in [-0.05, 0) is 40.5 Å². The highest BCUT2D eigenvalue weighted by Crippen LogP contribution is 2.29. The number of nitrogens with one attached hydrogen (secondary N) is 2. The van der Waals surface area contributed by atoms with Gasteiger partial charge in [-0.25, -0.2) is 4.98 Å². The minimum atomic E-state index is 0.665. The van der Waals surface area contributed by atoms with Crippen LogP contribution in [0.3, 0.4) is 0 Å². The van der Waals surface area contributed by atoms with Gasteiger partial charge < -0.3 is 10.3 Å². The number of imidazole rings is 1. The summed E-state index contributed by atoms with van der Waals surface area (Å²) >= 11 is 5.17. The first-order chi connectivity index (χ1) is 8.15. The first-order valence-corrected chi connectivity index (χ1v) is 7.26. The van der Waals surface area contributed by atoms with Crippen molar-refractivity contribution in [1.29, 1.82) is 0 Å². The summed E-state index contributed by atoms with van der Waals surface area (Å²) in [4.78, 5) is 8.91. The number of rotatable bonds is 5. The summed E-state index contributed by atoms with van der Waals surface area (Å²) in [6.45, 7) is 6.21. The van der Waals surface area contributed by atoms with E-state index < -0.39 is 0 Å². The molecule has 0 spiro atoms. The van der Waals surface area contributed by atoms with E-state index in [1.54, 1.807) is 11.3 Å². The number of aromatic amines is 1. The van der Waals surface area contributed by atoms with Crippen LogP contribution in [0.1, 0.15) is 19.7 Å². The van der Waals surface area contributed by atoms with Gasteiger partial charge in [-0.2, -0.15) is 0 Å². The molecule has 0 aliphatic carbocycles. The third-order valence-corrected chi connectivity index (χ3v) is 3.97. The van der Waals surface area contributed by atoms with E-state index in [-0.39, 0.29) is 0 Å². The molecule has 2 N–H and O–H groups in total. The molecule has 17 heavy (non-hydrogen) atoms. The van der Waals surface area contributed by atoms with Crippen LogP contribution in [0.25, 0.3) is 10.6 Å². The molecule has 0 unspecified atom stereocenters. The lowest BCUT2D eigenvalue weighted by atomic mass is 10.2. The molecule has 0 fully saturated rings. The average Bonchev–Trinajstić information content (AvgIpc) is 2.86. The van der Waals surface area contributed by atoms with Crippen LogP contribution in [0.15, 0.2) is 22.1 Å². The Morgan fingerprint density at radius 3 is 2.94 bits per heavy atom. The molecule has 2 rings (SSSR count). The smallest absolute Gasteiger partial charge is 0.120 e. The van der Waals surface area contributed by atoms with Crippen molar-refractivity contribution in [1.82, 2.24) is 15.3 Å². The van der Waals surface area contributed by atoms with Crippen LogP contribution in [-0.2, 0) is 6.54 Å². The molecule has 0 bridgehead atoms. The van der Waals surface area contributed by atoms with E-state index >= 15 is 0 Å². The van der Waals surface area contributed by atoms with Gasteiger partial charge in [0.25, 0.3) is 0 Å². The Labute approximate surface area is 114 Å². The molecule has 0 atom stereocenters. The van der Waals surface area contributed by atoms with E-state index in [0.29, 0.717) is 5.92 Å². The first kappa shape index (κ1) is 12.8. The minimum absolute atomic E-state index is 0.665. The summed E-state index contributed by atoms with van der Waals surface area (Å²) in [5.41, 5.74) is 1.09. The number of hydrogen-bond acceptors (Lipinski definition) is 3. The van der Waals surface area contributed by atoms with E-state index in [9.17, 15) is 0 Å². The molecule has 3 nitrogen and oxygen atoms in total. The predicted molar refractivity (Wildman–Crippen MR) is 76.1 cm³/mol. The minimum Gasteiger partial charge on any atom is -0.340 e. The second-order valence-electron chi connectivity index (χ2n) is 4.37. The van der Waals surface area contributed by atoms with E-state index in [0.717, 1.165) is 28.4 Å². The summed E-state index contributed by atoms with van der Waals surface area (Å²) < 4.78 is 1.14. The third kappa shape index (κ3) is 3.66. The lowest BCUT2D eigenvalue weighted by Gasteiger charge is -2.04. The largest absolute Gasteiger partial charge is 0.340 e. The molecule has 92 valence electrons. The summed E-state index contributed by atoms with van der Waals surface area (Å²) in [5.74, 6) is 1.66. The van der Waals surface area contributed by atoms with Gasteiger partial charge >= 0.3 is 0 Å². The summed E-state index contributed by atoms with van der Waals surface area (Å²) in [7, 11) is 0. The van der Waals surface area contributed by atoms with Gasteiger partial charge in [-0.1, -0.05) is 13.8 Å². The molecule has 0 aromatic carbocycles. The van der Waals surface area contributed by atoms with Gasteiger partial charge in [-0.15, -0.1) is 11.3 Å². The van der Waals surface area contributed by atoms with Crippen LogP contribution in [0.4, 0.5) is 0 Å². The monoisotopic (exact) mass is 313 g/mol. The number of aromatic nitrogens is 2. The third-order valence-electron chi connectivity index (χ3n) is 2.31. The number of hydrogen-bond donors (Lipinski definition) is 2. The Morgan fingerprint density at radius 2 is 2.29 bits per heavy atom. The van der Waals surface area contributed by atoms with Gasteiger partial charge in [0.1, 0.15) is 5.82 Å². The SMILES string of the molecule is CC(C)CNCc1ncc(-c2ccc(Br)s2)[nH]1. The quantitative estimate of drug-likeness (QED) is 0.884. The van der Waals surface area contributed by atoms with Gasteiger partial charge in [0.15, 0.2) is 0 Å². The van der Waals surface area contributed by atoms with E-state index in [1.807, 2.05) is 6.20 Å². The fourth-order valence-corrected chi connectivity index (χ4v) is 2.87. The van der Waals surface area contributed by atoms with Gasteiger partial charge in [0.05, 0.1) is 27.1 Å². The van der Waals surface area contributed by atoms with Crippen molar-refractivity contribution in [3.63, 3.8) is 0 Å². The molecular formula is C12H16BrN3S. The normalized spacial score (nSPS) is 11.3. The van der Waals surface area contributed by atoms with Crippen molar-refractivity contribution < 1.29 is 0 Å². The molecule has 2 aromatic rings. The van der Waals surface area contributed by atoms with Crippen LogP contribution in [0.5, 0.6) is 0 Å². The number of H-pyrrole nitrogens is 1. The fourth-order valence-electron chi connectivity index (χ4n) is 1.52. The first-order valence-electron chi connectivity index (χ1n) is 5.65. The van der Waals surface area contributed by atoms with Crippen LogP contribution in [0, 0.1) is 5.92 Å². The molecule has 0 amide bonds. The maximum atomic E-state index is 4.37. The van der Waals surface area contributed by atoms with Gasteiger partial charge in [-0.3, -0.25) is 0 Å². The zero-order valence-corrected chi connectivity index (χ0v) is 12.4. The fraction of sp³-hybridized carbons (Fsp3) is 0.417. The van der Waals surface area contributed by atoms with E-state index in [2.05, 4.69) is 57.2 Å². The van der Waals surface area contributed by atoms with Crippen molar-refractivity contribution in [3.8, 4) is 10.6 Å². The molecule has 5 heteroatoms. The lowest BCUT2D eigenvalue weighted by molar-refractivity contribution is 0.545. The van der Waals surface area contributed by atoms with E-state index in [1.165, 1.54) is 4.88 Å². The molecule has 2 aromatic heterocycles. The zero-order chi connectivity index (χ0) is 12.3. The Morgan fingerprint density at radius 1 is 1.47 bits per heavy atom. The number of thiophene rings is 1. The van der Waals surface area contributed by atoms with Crippen LogP contribution < -0.4 is 5.32 Å². The van der Waals surface area contributed by atoms with Crippen LogP contribution in [0.2, 0.25) is 0 Å². The second kappa shape index (κ2) is 5.80. The Balaban J connectivity index is 1.96. The second-order valence-corrected chi connectivity index (χ2v) is 6.84. The van der Waals surface area contributed by atoms with Crippen molar-refractivity contribution in [3.05, 3.63) is 27.9 Å². The summed E-state index contributed by atoms with van der Waals surface area (Å²) in [5, 5.41) is 3.37. The average molecular weight is 314 g/mol. The van der Waals surface area contributed by atoms with Crippen molar-refractivity contribution >= 4 is 27.3 Å². The Kier molecular flexibility index (Phi) is 4.36. The number of halogens is 1.